The summed E-state index contributed by atoms with van der Waals surface area (Å²) in [5.41, 5.74) is 0.555. The lowest BCUT2D eigenvalue weighted by molar-refractivity contribution is -0.384. The van der Waals surface area contributed by atoms with E-state index in [-0.39, 0.29) is 30.2 Å². The van der Waals surface area contributed by atoms with Gasteiger partial charge in [-0.25, -0.2) is 4.79 Å². The zero-order valence-electron chi connectivity index (χ0n) is 13.8. The van der Waals surface area contributed by atoms with Crippen molar-refractivity contribution in [3.05, 3.63) is 39.9 Å². The predicted octanol–water partition coefficient (Wildman–Crippen LogP) is 1.40. The highest BCUT2D eigenvalue weighted by Crippen LogP contribution is 2.40. The lowest BCUT2D eigenvalue weighted by atomic mass is 9.76. The highest BCUT2D eigenvalue weighted by molar-refractivity contribution is 5.92. The van der Waals surface area contributed by atoms with E-state index in [1.807, 2.05) is 6.92 Å². The van der Waals surface area contributed by atoms with Crippen molar-refractivity contribution in [1.29, 1.82) is 0 Å². The Morgan fingerprint density at radius 2 is 2.04 bits per heavy atom. The standard InChI is InChI=1S/C17H20N2O6/c1-2-12-13-7-8-14(20)15(18(13)16(12)21)17(22)25-9-10-3-5-11(6-4-10)19(23)24/h3-6,12-15,20H,2,7-9H2,1H3/t12-,13-,14-,15+/m1/s1. The van der Waals surface area contributed by atoms with Crippen molar-refractivity contribution in [1.82, 2.24) is 4.90 Å². The Morgan fingerprint density at radius 1 is 1.36 bits per heavy atom. The topological polar surface area (TPSA) is 110 Å². The molecule has 2 aliphatic heterocycles. The average molecular weight is 348 g/mol. The quantitative estimate of drug-likeness (QED) is 0.373. The molecule has 1 amide bonds. The molecular formula is C17H20N2O6. The molecule has 1 aromatic carbocycles. The van der Waals surface area contributed by atoms with Gasteiger partial charge >= 0.3 is 5.97 Å². The minimum atomic E-state index is -0.966. The lowest BCUT2D eigenvalue weighted by Gasteiger charge is -2.54. The first-order chi connectivity index (χ1) is 11.9. The first kappa shape index (κ1) is 17.3. The van der Waals surface area contributed by atoms with Crippen LogP contribution in [0.5, 0.6) is 0 Å². The van der Waals surface area contributed by atoms with E-state index >= 15 is 0 Å². The van der Waals surface area contributed by atoms with Gasteiger partial charge in [0.05, 0.1) is 16.9 Å². The molecule has 25 heavy (non-hydrogen) atoms. The maximum Gasteiger partial charge on any atom is 0.331 e. The van der Waals surface area contributed by atoms with Crippen molar-refractivity contribution >= 4 is 17.6 Å². The number of aliphatic hydroxyl groups excluding tert-OH is 1. The first-order valence-electron chi connectivity index (χ1n) is 8.34. The molecule has 8 heteroatoms. The highest BCUT2D eigenvalue weighted by atomic mass is 16.6. The molecule has 1 N–H and O–H groups in total. The van der Waals surface area contributed by atoms with Gasteiger partial charge in [0.25, 0.3) is 5.69 Å². The summed E-state index contributed by atoms with van der Waals surface area (Å²) in [7, 11) is 0. The summed E-state index contributed by atoms with van der Waals surface area (Å²) in [5.74, 6) is -0.820. The van der Waals surface area contributed by atoms with Crippen LogP contribution in [0.2, 0.25) is 0 Å². The summed E-state index contributed by atoms with van der Waals surface area (Å²) >= 11 is 0. The number of non-ortho nitro benzene ring substituents is 1. The molecule has 0 aliphatic carbocycles. The van der Waals surface area contributed by atoms with Crippen molar-refractivity contribution in [2.24, 2.45) is 5.92 Å². The van der Waals surface area contributed by atoms with Gasteiger partial charge in [0.15, 0.2) is 6.04 Å². The van der Waals surface area contributed by atoms with E-state index in [9.17, 15) is 24.8 Å². The zero-order valence-corrected chi connectivity index (χ0v) is 13.8. The van der Waals surface area contributed by atoms with E-state index in [2.05, 4.69) is 0 Å². The number of benzene rings is 1. The Hall–Kier alpha value is -2.48. The summed E-state index contributed by atoms with van der Waals surface area (Å²) < 4.78 is 5.25. The first-order valence-corrected chi connectivity index (χ1v) is 8.34. The van der Waals surface area contributed by atoms with Crippen molar-refractivity contribution < 1.29 is 24.4 Å². The second kappa shape index (κ2) is 6.79. The van der Waals surface area contributed by atoms with Crippen molar-refractivity contribution in [3.63, 3.8) is 0 Å². The Bertz CT molecular complexity index is 689. The highest BCUT2D eigenvalue weighted by Gasteiger charge is 2.55. The number of rotatable bonds is 5. The molecule has 0 saturated carbocycles. The normalized spacial score (nSPS) is 28.1. The van der Waals surface area contributed by atoms with Crippen LogP contribution in [0, 0.1) is 16.0 Å². The number of carbonyl (C=O) groups is 2. The Kier molecular flexibility index (Phi) is 4.71. The van der Waals surface area contributed by atoms with E-state index in [0.717, 1.165) is 6.42 Å². The molecule has 0 aromatic heterocycles. The van der Waals surface area contributed by atoms with Crippen LogP contribution >= 0.6 is 0 Å². The van der Waals surface area contributed by atoms with E-state index in [1.165, 1.54) is 29.2 Å². The van der Waals surface area contributed by atoms with E-state index in [4.69, 9.17) is 4.74 Å². The molecule has 1 aromatic rings. The van der Waals surface area contributed by atoms with Gasteiger partial charge in [-0.15, -0.1) is 0 Å². The summed E-state index contributed by atoms with van der Waals surface area (Å²) in [6, 6.07) is 4.71. The number of nitro benzene ring substituents is 1. The summed E-state index contributed by atoms with van der Waals surface area (Å²) in [6.45, 7) is 1.87. The monoisotopic (exact) mass is 348 g/mol. The number of amides is 1. The van der Waals surface area contributed by atoms with Gasteiger partial charge in [-0.05, 0) is 37.0 Å². The molecule has 0 spiro atoms. The molecule has 0 radical (unpaired) electrons. The van der Waals surface area contributed by atoms with E-state index < -0.39 is 23.0 Å². The third kappa shape index (κ3) is 3.09. The van der Waals surface area contributed by atoms with Crippen LogP contribution in [0.1, 0.15) is 31.7 Å². The number of hydrogen-bond acceptors (Lipinski definition) is 6. The maximum absolute atomic E-state index is 12.4. The smallest absolute Gasteiger partial charge is 0.331 e. The molecular weight excluding hydrogens is 328 g/mol. The zero-order chi connectivity index (χ0) is 18.1. The number of ether oxygens (including phenoxy) is 1. The SMILES string of the molecule is CC[C@H]1C(=O)N2[C@@H]1CC[C@@H](O)[C@H]2C(=O)OCc1ccc([N+](=O)[O-])cc1. The molecule has 2 saturated heterocycles. The van der Waals surface area contributed by atoms with Crippen LogP contribution in [0.25, 0.3) is 0 Å². The lowest BCUT2D eigenvalue weighted by Crippen LogP contribution is -2.71. The van der Waals surface area contributed by atoms with Gasteiger partial charge in [0.2, 0.25) is 5.91 Å². The Labute approximate surface area is 144 Å². The fraction of sp³-hybridized carbons (Fsp3) is 0.529. The number of hydrogen-bond donors (Lipinski definition) is 1. The predicted molar refractivity (Wildman–Crippen MR) is 86.3 cm³/mol. The summed E-state index contributed by atoms with van der Waals surface area (Å²) in [4.78, 5) is 36.2. The number of β-lactam (4-membered cyclic amide) rings is 1. The van der Waals surface area contributed by atoms with Crippen molar-refractivity contribution in [2.45, 2.75) is 51.0 Å². The van der Waals surface area contributed by atoms with Crippen LogP contribution in [-0.4, -0.2) is 45.0 Å². The second-order valence-electron chi connectivity index (χ2n) is 6.45. The summed E-state index contributed by atoms with van der Waals surface area (Å²) in [6.07, 6.45) is 0.947. The number of fused-ring (bicyclic) bond motifs is 1. The van der Waals surface area contributed by atoms with E-state index in [1.54, 1.807) is 0 Å². The largest absolute Gasteiger partial charge is 0.459 e. The number of piperidine rings is 1. The molecule has 2 fully saturated rings. The Balaban J connectivity index is 1.63. The molecule has 0 bridgehead atoms. The second-order valence-corrected chi connectivity index (χ2v) is 6.45. The van der Waals surface area contributed by atoms with Crippen LogP contribution in [0.3, 0.4) is 0 Å². The minimum absolute atomic E-state index is 0.00201. The van der Waals surface area contributed by atoms with Gasteiger partial charge in [-0.3, -0.25) is 14.9 Å². The molecule has 3 rings (SSSR count). The van der Waals surface area contributed by atoms with Crippen LogP contribution in [0.15, 0.2) is 24.3 Å². The van der Waals surface area contributed by atoms with Crippen LogP contribution in [0.4, 0.5) is 5.69 Å². The van der Waals surface area contributed by atoms with Gasteiger partial charge in [-0.1, -0.05) is 6.92 Å². The maximum atomic E-state index is 12.4. The molecule has 134 valence electrons. The molecule has 2 aliphatic rings. The summed E-state index contributed by atoms with van der Waals surface area (Å²) in [5, 5.41) is 20.8. The molecule has 2 heterocycles. The molecule has 4 atom stereocenters. The number of nitro groups is 1. The number of carbonyl (C=O) groups excluding carboxylic acids is 2. The third-order valence-corrected chi connectivity index (χ3v) is 5.03. The van der Waals surface area contributed by atoms with Crippen LogP contribution < -0.4 is 0 Å². The van der Waals surface area contributed by atoms with Crippen LogP contribution in [-0.2, 0) is 20.9 Å². The van der Waals surface area contributed by atoms with Gasteiger partial charge < -0.3 is 14.7 Å². The number of esters is 1. The number of nitrogens with zero attached hydrogens (tertiary/aromatic N) is 2. The van der Waals surface area contributed by atoms with Crippen molar-refractivity contribution in [3.8, 4) is 0 Å². The minimum Gasteiger partial charge on any atom is -0.459 e. The van der Waals surface area contributed by atoms with Gasteiger partial charge in [0.1, 0.15) is 6.61 Å². The van der Waals surface area contributed by atoms with E-state index in [0.29, 0.717) is 18.4 Å². The fourth-order valence-electron chi connectivity index (χ4n) is 3.67. The van der Waals surface area contributed by atoms with Gasteiger partial charge in [0, 0.05) is 18.2 Å². The van der Waals surface area contributed by atoms with Gasteiger partial charge in [-0.2, -0.15) is 0 Å². The fourth-order valence-corrected chi connectivity index (χ4v) is 3.67. The third-order valence-electron chi connectivity index (χ3n) is 5.03. The van der Waals surface area contributed by atoms with Crippen molar-refractivity contribution in [2.75, 3.05) is 0 Å². The molecule has 8 nitrogen and oxygen atoms in total. The number of aliphatic hydroxyl groups is 1. The molecule has 0 unspecified atom stereocenters. The average Bonchev–Trinajstić information content (AvgIpc) is 2.60. The Morgan fingerprint density at radius 3 is 2.64 bits per heavy atom.